The van der Waals surface area contributed by atoms with Crippen molar-refractivity contribution in [1.82, 2.24) is 0 Å². The average molecular weight is 343 g/mol. The summed E-state index contributed by atoms with van der Waals surface area (Å²) in [6.07, 6.45) is 19.1. The van der Waals surface area contributed by atoms with Gasteiger partial charge in [-0.3, -0.25) is 0 Å². The van der Waals surface area contributed by atoms with E-state index in [1.807, 2.05) is 0 Å². The number of benzene rings is 1. The molecule has 0 aliphatic heterocycles. The summed E-state index contributed by atoms with van der Waals surface area (Å²) in [5.74, 6) is 10.2. The fraction of sp³-hybridized carbons (Fsp3) is 0.615. The maximum atomic E-state index is 2.53. The molecule has 26 heavy (non-hydrogen) atoms. The van der Waals surface area contributed by atoms with E-state index in [2.05, 4.69) is 48.6 Å². The van der Waals surface area contributed by atoms with E-state index in [1.54, 1.807) is 30.4 Å². The van der Waals surface area contributed by atoms with Crippen molar-refractivity contribution < 1.29 is 0 Å². The highest BCUT2D eigenvalue weighted by atomic mass is 14.6. The normalized spacial score (nSPS) is 52.2. The molecular weight excluding hydrogens is 312 g/mol. The quantitative estimate of drug-likeness (QED) is 0.400. The minimum absolute atomic E-state index is 0.869. The lowest BCUT2D eigenvalue weighted by molar-refractivity contribution is 0.206. The van der Waals surface area contributed by atoms with Crippen molar-refractivity contribution in [1.29, 1.82) is 0 Å². The van der Waals surface area contributed by atoms with Gasteiger partial charge in [0.15, 0.2) is 0 Å². The average Bonchev–Trinajstić information content (AvgIpc) is 3.51. The first-order chi connectivity index (χ1) is 12.9. The van der Waals surface area contributed by atoms with Crippen LogP contribution in [0.4, 0.5) is 0 Å². The van der Waals surface area contributed by atoms with Gasteiger partial charge in [0.2, 0.25) is 0 Å². The van der Waals surface area contributed by atoms with Crippen molar-refractivity contribution in [3.8, 4) is 0 Å². The molecular formula is C26H30. The van der Waals surface area contributed by atoms with Gasteiger partial charge in [-0.15, -0.1) is 0 Å². The van der Waals surface area contributed by atoms with E-state index in [-0.39, 0.29) is 0 Å². The van der Waals surface area contributed by atoms with Crippen LogP contribution in [-0.4, -0.2) is 0 Å². The Balaban J connectivity index is 0.0000000995. The molecule has 1 aromatic carbocycles. The van der Waals surface area contributed by atoms with Crippen LogP contribution >= 0.6 is 0 Å². The maximum absolute atomic E-state index is 2.53. The van der Waals surface area contributed by atoms with Crippen molar-refractivity contribution in [3.63, 3.8) is 0 Å². The van der Waals surface area contributed by atoms with E-state index in [0.29, 0.717) is 0 Å². The highest BCUT2D eigenvalue weighted by Crippen LogP contribution is 2.65. The fourth-order valence-electron chi connectivity index (χ4n) is 8.94. The van der Waals surface area contributed by atoms with E-state index in [0.717, 1.165) is 59.2 Å². The monoisotopic (exact) mass is 342 g/mol. The third-order valence-corrected chi connectivity index (χ3v) is 9.68. The number of hydrogen-bond acceptors (Lipinski definition) is 0. The third-order valence-electron chi connectivity index (χ3n) is 9.68. The number of rotatable bonds is 0. The van der Waals surface area contributed by atoms with Gasteiger partial charge in [0, 0.05) is 0 Å². The molecule has 0 aromatic heterocycles. The SMILES string of the molecule is C1=CC2CC1C1C3CCC(C3)C21.C1=CC2CC1C1Cc3ccccc3C21. The van der Waals surface area contributed by atoms with Gasteiger partial charge in [-0.2, -0.15) is 0 Å². The minimum atomic E-state index is 0.869. The predicted octanol–water partition coefficient (Wildman–Crippen LogP) is 6.00. The molecule has 10 unspecified atom stereocenters. The molecule has 0 amide bonds. The summed E-state index contributed by atoms with van der Waals surface area (Å²) < 4.78 is 0. The van der Waals surface area contributed by atoms with Gasteiger partial charge >= 0.3 is 0 Å². The zero-order valence-corrected chi connectivity index (χ0v) is 15.6. The fourth-order valence-corrected chi connectivity index (χ4v) is 8.94. The second-order valence-electron chi connectivity index (χ2n) is 10.5. The second kappa shape index (κ2) is 5.15. The Morgan fingerprint density at radius 2 is 1.31 bits per heavy atom. The lowest BCUT2D eigenvalue weighted by Crippen LogP contribution is -2.25. The molecule has 4 fully saturated rings. The van der Waals surface area contributed by atoms with Crippen molar-refractivity contribution in [2.24, 2.45) is 53.3 Å². The molecule has 134 valence electrons. The van der Waals surface area contributed by atoms with Crippen LogP contribution in [0.1, 0.15) is 49.1 Å². The summed E-state index contributed by atoms with van der Waals surface area (Å²) in [7, 11) is 0. The standard InChI is InChI=1S/C14H14.C12H16/c1-2-4-12-9(3-1)8-13-10-5-6-11(7-10)14(12)13;1-2-8-5-7(1)11-9-3-4-10(6-9)12(8)11/h1-6,10-11,13-14H,7-8H2;1-2,7-12H,3-6H2. The Morgan fingerprint density at radius 1 is 0.654 bits per heavy atom. The van der Waals surface area contributed by atoms with Crippen LogP contribution < -0.4 is 0 Å². The smallest absolute Gasteiger partial charge is 0.00589 e. The van der Waals surface area contributed by atoms with Crippen LogP contribution in [-0.2, 0) is 6.42 Å². The largest absolute Gasteiger partial charge is 0.0848 e. The zero-order valence-electron chi connectivity index (χ0n) is 15.6. The van der Waals surface area contributed by atoms with Gasteiger partial charge in [-0.25, -0.2) is 0 Å². The van der Waals surface area contributed by atoms with Gasteiger partial charge < -0.3 is 0 Å². The van der Waals surface area contributed by atoms with Crippen LogP contribution in [0.5, 0.6) is 0 Å². The van der Waals surface area contributed by atoms with Crippen molar-refractivity contribution in [3.05, 3.63) is 59.7 Å². The number of fused-ring (bicyclic) bond motifs is 16. The predicted molar refractivity (Wildman–Crippen MR) is 106 cm³/mol. The second-order valence-corrected chi connectivity index (χ2v) is 10.5. The highest BCUT2D eigenvalue weighted by Gasteiger charge is 2.57. The lowest BCUT2D eigenvalue weighted by Gasteiger charge is -2.31. The summed E-state index contributed by atoms with van der Waals surface area (Å²) >= 11 is 0. The van der Waals surface area contributed by atoms with E-state index >= 15 is 0 Å². The first-order valence-electron chi connectivity index (χ1n) is 11.3. The lowest BCUT2D eigenvalue weighted by atomic mass is 9.73. The van der Waals surface area contributed by atoms with Gasteiger partial charge in [0.25, 0.3) is 0 Å². The number of allylic oxidation sites excluding steroid dienone is 4. The van der Waals surface area contributed by atoms with Crippen molar-refractivity contribution >= 4 is 0 Å². The van der Waals surface area contributed by atoms with Gasteiger partial charge in [-0.05, 0) is 109 Å². The van der Waals surface area contributed by atoms with Crippen LogP contribution in [0.2, 0.25) is 0 Å². The Morgan fingerprint density at radius 3 is 2.12 bits per heavy atom. The topological polar surface area (TPSA) is 0 Å². The summed E-state index contributed by atoms with van der Waals surface area (Å²) in [6, 6.07) is 9.08. The third kappa shape index (κ3) is 1.82. The molecule has 4 saturated carbocycles. The summed E-state index contributed by atoms with van der Waals surface area (Å²) in [4.78, 5) is 0. The molecule has 6 bridgehead atoms. The van der Waals surface area contributed by atoms with Crippen molar-refractivity contribution in [2.75, 3.05) is 0 Å². The summed E-state index contributed by atoms with van der Waals surface area (Å²) in [5, 5.41) is 0. The summed E-state index contributed by atoms with van der Waals surface area (Å²) in [6.45, 7) is 0. The summed E-state index contributed by atoms with van der Waals surface area (Å²) in [5.41, 5.74) is 3.29. The van der Waals surface area contributed by atoms with Gasteiger partial charge in [0.1, 0.15) is 0 Å². The Hall–Kier alpha value is -1.30. The van der Waals surface area contributed by atoms with E-state index in [9.17, 15) is 0 Å². The minimum Gasteiger partial charge on any atom is -0.0848 e. The molecule has 0 saturated heterocycles. The maximum Gasteiger partial charge on any atom is -0.00589 e. The molecule has 0 heterocycles. The van der Waals surface area contributed by atoms with E-state index in [4.69, 9.17) is 0 Å². The molecule has 0 radical (unpaired) electrons. The molecule has 0 heteroatoms. The Labute approximate surface area is 157 Å². The van der Waals surface area contributed by atoms with E-state index < -0.39 is 0 Å². The molecule has 0 spiro atoms. The van der Waals surface area contributed by atoms with Crippen LogP contribution in [0.25, 0.3) is 0 Å². The first-order valence-corrected chi connectivity index (χ1v) is 11.3. The highest BCUT2D eigenvalue weighted by molar-refractivity contribution is 5.41. The number of hydrogen-bond donors (Lipinski definition) is 0. The molecule has 7 aliphatic carbocycles. The van der Waals surface area contributed by atoms with Crippen LogP contribution in [0, 0.1) is 53.3 Å². The molecule has 1 aromatic rings. The Kier molecular flexibility index (Phi) is 2.92. The molecule has 0 nitrogen and oxygen atoms in total. The van der Waals surface area contributed by atoms with Crippen molar-refractivity contribution in [2.45, 2.75) is 44.4 Å². The zero-order chi connectivity index (χ0) is 16.8. The van der Waals surface area contributed by atoms with Gasteiger partial charge in [-0.1, -0.05) is 48.6 Å². The molecule has 0 N–H and O–H groups in total. The van der Waals surface area contributed by atoms with Crippen LogP contribution in [0.3, 0.4) is 0 Å². The molecule has 7 aliphatic rings. The van der Waals surface area contributed by atoms with Gasteiger partial charge in [0.05, 0.1) is 0 Å². The molecule has 10 atom stereocenters. The van der Waals surface area contributed by atoms with Crippen LogP contribution in [0.15, 0.2) is 48.6 Å². The Bertz CT molecular complexity index is 776. The van der Waals surface area contributed by atoms with E-state index in [1.165, 1.54) is 19.3 Å². The first kappa shape index (κ1) is 14.7. The molecule has 8 rings (SSSR count).